The zero-order chi connectivity index (χ0) is 19.9. The van der Waals surface area contributed by atoms with Crippen LogP contribution in [0, 0.1) is 0 Å². The number of carbonyl (C=O) groups is 2. The lowest BCUT2D eigenvalue weighted by Crippen LogP contribution is -2.15. The molecule has 0 aliphatic rings. The van der Waals surface area contributed by atoms with Crippen molar-refractivity contribution >= 4 is 29.3 Å². The van der Waals surface area contributed by atoms with Gasteiger partial charge < -0.3 is 14.8 Å². The summed E-state index contributed by atoms with van der Waals surface area (Å²) in [5.74, 6) is -0.636. The molecule has 0 saturated heterocycles. The average molecular weight is 399 g/mol. The highest BCUT2D eigenvalue weighted by Crippen LogP contribution is 2.36. The van der Waals surface area contributed by atoms with E-state index in [-0.39, 0.29) is 35.4 Å². The lowest BCUT2D eigenvalue weighted by atomic mass is 10.2. The Bertz CT molecular complexity index is 794. The molecule has 0 unspecified atom stereocenters. The van der Waals surface area contributed by atoms with Gasteiger partial charge in [0.2, 0.25) is 0 Å². The van der Waals surface area contributed by atoms with Gasteiger partial charge in [0.15, 0.2) is 6.61 Å². The van der Waals surface area contributed by atoms with E-state index in [0.717, 1.165) is 0 Å². The Morgan fingerprint density at radius 1 is 1.11 bits per heavy atom. The van der Waals surface area contributed by atoms with Gasteiger partial charge in [-0.25, -0.2) is 4.79 Å². The first-order valence-corrected chi connectivity index (χ1v) is 8.64. The summed E-state index contributed by atoms with van der Waals surface area (Å²) in [7, 11) is 0. The van der Waals surface area contributed by atoms with E-state index in [1.54, 1.807) is 25.1 Å². The molecule has 2 rings (SSSR count). The standard InChI is InChI=1S/C18H16F3NO4S/c1-2-25-16(23)11-26-14-5-3-4-13(10-14)22-17(24)12-6-8-15(9-7-12)27-18(19,20)21/h3-10H,2,11H2,1H3,(H,22,24). The molecular weight excluding hydrogens is 383 g/mol. The molecule has 0 radical (unpaired) electrons. The number of carbonyl (C=O) groups excluding carboxylic acids is 2. The highest BCUT2D eigenvalue weighted by molar-refractivity contribution is 8.00. The van der Waals surface area contributed by atoms with Gasteiger partial charge >= 0.3 is 11.5 Å². The van der Waals surface area contributed by atoms with E-state index in [0.29, 0.717) is 11.4 Å². The van der Waals surface area contributed by atoms with Gasteiger partial charge in [0.25, 0.3) is 5.91 Å². The molecule has 0 fully saturated rings. The van der Waals surface area contributed by atoms with E-state index in [2.05, 4.69) is 5.32 Å². The smallest absolute Gasteiger partial charge is 0.446 e. The highest BCUT2D eigenvalue weighted by Gasteiger charge is 2.29. The number of rotatable bonds is 7. The van der Waals surface area contributed by atoms with Gasteiger partial charge in [-0.15, -0.1) is 0 Å². The normalized spacial score (nSPS) is 11.0. The molecule has 2 aromatic rings. The first kappa shape index (κ1) is 20.6. The lowest BCUT2D eigenvalue weighted by Gasteiger charge is -2.10. The summed E-state index contributed by atoms with van der Waals surface area (Å²) in [5.41, 5.74) is -3.76. The van der Waals surface area contributed by atoms with Crippen molar-refractivity contribution in [2.24, 2.45) is 0 Å². The number of nitrogens with one attached hydrogen (secondary N) is 1. The molecule has 1 N–H and O–H groups in total. The number of halogens is 3. The third-order valence-corrected chi connectivity index (χ3v) is 3.84. The summed E-state index contributed by atoms with van der Waals surface area (Å²) in [6.45, 7) is 1.67. The van der Waals surface area contributed by atoms with Crippen molar-refractivity contribution in [3.05, 3.63) is 54.1 Å². The second kappa shape index (κ2) is 9.31. The summed E-state index contributed by atoms with van der Waals surface area (Å²) in [5, 5.41) is 2.61. The largest absolute Gasteiger partial charge is 0.482 e. The number of anilines is 1. The minimum atomic E-state index is -4.38. The predicted molar refractivity (Wildman–Crippen MR) is 94.9 cm³/mol. The maximum absolute atomic E-state index is 12.3. The number of esters is 1. The maximum Gasteiger partial charge on any atom is 0.446 e. The molecule has 0 aliphatic heterocycles. The van der Waals surface area contributed by atoms with Crippen molar-refractivity contribution in [3.8, 4) is 5.75 Å². The number of thioether (sulfide) groups is 1. The quantitative estimate of drug-likeness (QED) is 0.549. The topological polar surface area (TPSA) is 64.6 Å². The van der Waals surface area contributed by atoms with Crippen molar-refractivity contribution in [2.75, 3.05) is 18.5 Å². The second-order valence-electron chi connectivity index (χ2n) is 5.15. The molecule has 0 spiro atoms. The monoisotopic (exact) mass is 399 g/mol. The molecule has 27 heavy (non-hydrogen) atoms. The van der Waals surface area contributed by atoms with Crippen LogP contribution in [-0.4, -0.2) is 30.6 Å². The van der Waals surface area contributed by atoms with Gasteiger partial charge in [-0.1, -0.05) is 6.07 Å². The first-order chi connectivity index (χ1) is 12.8. The summed E-state index contributed by atoms with van der Waals surface area (Å²) < 4.78 is 47.0. The van der Waals surface area contributed by atoms with Crippen LogP contribution in [0.15, 0.2) is 53.4 Å². The Morgan fingerprint density at radius 2 is 1.81 bits per heavy atom. The van der Waals surface area contributed by atoms with Crippen molar-refractivity contribution in [1.29, 1.82) is 0 Å². The van der Waals surface area contributed by atoms with Gasteiger partial charge in [0.1, 0.15) is 5.75 Å². The Morgan fingerprint density at radius 3 is 2.44 bits per heavy atom. The summed E-state index contributed by atoms with van der Waals surface area (Å²) in [6.07, 6.45) is 0. The van der Waals surface area contributed by atoms with Gasteiger partial charge in [-0.2, -0.15) is 13.2 Å². The molecule has 0 aromatic heterocycles. The number of amides is 1. The summed E-state index contributed by atoms with van der Waals surface area (Å²) in [6, 6.07) is 11.4. The average Bonchev–Trinajstić information content (AvgIpc) is 2.60. The van der Waals surface area contributed by atoms with E-state index in [9.17, 15) is 22.8 Å². The van der Waals surface area contributed by atoms with E-state index in [1.165, 1.54) is 30.3 Å². The fourth-order valence-electron chi connectivity index (χ4n) is 2.02. The molecule has 0 saturated carbocycles. The van der Waals surface area contributed by atoms with Gasteiger partial charge in [0.05, 0.1) is 6.61 Å². The molecular formula is C18H16F3NO4S. The molecule has 1 amide bonds. The minimum absolute atomic E-state index is 0.00610. The van der Waals surface area contributed by atoms with Crippen molar-refractivity contribution in [3.63, 3.8) is 0 Å². The fraction of sp³-hybridized carbons (Fsp3) is 0.222. The Hall–Kier alpha value is -2.68. The van der Waals surface area contributed by atoms with Crippen molar-refractivity contribution in [1.82, 2.24) is 0 Å². The highest BCUT2D eigenvalue weighted by atomic mass is 32.2. The van der Waals surface area contributed by atoms with Gasteiger partial charge in [-0.05, 0) is 55.1 Å². The Balaban J connectivity index is 1.97. The number of ether oxygens (including phenoxy) is 2. The van der Waals surface area contributed by atoms with Crippen LogP contribution in [0.1, 0.15) is 17.3 Å². The SMILES string of the molecule is CCOC(=O)COc1cccc(NC(=O)c2ccc(SC(F)(F)F)cc2)c1. The molecule has 9 heteroatoms. The van der Waals surface area contributed by atoms with Gasteiger partial charge in [-0.3, -0.25) is 4.79 Å². The number of hydrogen-bond acceptors (Lipinski definition) is 5. The second-order valence-corrected chi connectivity index (χ2v) is 6.29. The zero-order valence-corrected chi connectivity index (χ0v) is 15.0. The molecule has 0 aliphatic carbocycles. The number of benzene rings is 2. The number of alkyl halides is 3. The predicted octanol–water partition coefficient (Wildman–Crippen LogP) is 4.49. The van der Waals surface area contributed by atoms with Crippen LogP contribution < -0.4 is 10.1 Å². The third kappa shape index (κ3) is 7.22. The first-order valence-electron chi connectivity index (χ1n) is 7.82. The summed E-state index contributed by atoms with van der Waals surface area (Å²) >= 11 is -0.248. The molecule has 144 valence electrons. The molecule has 2 aromatic carbocycles. The van der Waals surface area contributed by atoms with Crippen LogP contribution in [0.5, 0.6) is 5.75 Å². The van der Waals surface area contributed by atoms with E-state index in [1.807, 2.05) is 0 Å². The Kier molecular flexibility index (Phi) is 7.12. The van der Waals surface area contributed by atoms with Crippen LogP contribution in [0.25, 0.3) is 0 Å². The zero-order valence-electron chi connectivity index (χ0n) is 14.2. The number of hydrogen-bond donors (Lipinski definition) is 1. The van der Waals surface area contributed by atoms with E-state index < -0.39 is 17.4 Å². The minimum Gasteiger partial charge on any atom is -0.482 e. The lowest BCUT2D eigenvalue weighted by molar-refractivity contribution is -0.145. The third-order valence-electron chi connectivity index (χ3n) is 3.10. The van der Waals surface area contributed by atoms with Crippen molar-refractivity contribution < 1.29 is 32.2 Å². The van der Waals surface area contributed by atoms with Gasteiger partial charge in [0, 0.05) is 22.2 Å². The van der Waals surface area contributed by atoms with Crippen molar-refractivity contribution in [2.45, 2.75) is 17.3 Å². The van der Waals surface area contributed by atoms with E-state index >= 15 is 0 Å². The molecule has 0 bridgehead atoms. The maximum atomic E-state index is 12.3. The Labute approximate surface area is 157 Å². The molecule has 5 nitrogen and oxygen atoms in total. The van der Waals surface area contributed by atoms with Crippen LogP contribution >= 0.6 is 11.8 Å². The van der Waals surface area contributed by atoms with Crippen LogP contribution in [0.3, 0.4) is 0 Å². The molecule has 0 atom stereocenters. The molecule has 0 heterocycles. The van der Waals surface area contributed by atoms with Crippen LogP contribution in [0.2, 0.25) is 0 Å². The summed E-state index contributed by atoms with van der Waals surface area (Å²) in [4.78, 5) is 23.5. The van der Waals surface area contributed by atoms with Crippen LogP contribution in [-0.2, 0) is 9.53 Å². The van der Waals surface area contributed by atoms with E-state index in [4.69, 9.17) is 9.47 Å². The fourth-order valence-corrected chi connectivity index (χ4v) is 2.56. The van der Waals surface area contributed by atoms with Crippen LogP contribution in [0.4, 0.5) is 18.9 Å².